The molecule has 0 saturated carbocycles. The second-order valence-electron chi connectivity index (χ2n) is 4.22. The molecule has 0 saturated heterocycles. The van der Waals surface area contributed by atoms with E-state index in [4.69, 9.17) is 29.0 Å². The third-order valence-electron chi connectivity index (χ3n) is 2.86. The second-order valence-corrected chi connectivity index (χ2v) is 5.09. The minimum absolute atomic E-state index is 0.339. The fourth-order valence-corrected chi connectivity index (χ4v) is 2.33. The molecule has 0 aliphatic carbocycles. The van der Waals surface area contributed by atoms with Crippen molar-refractivity contribution in [2.45, 2.75) is 12.5 Å². The fourth-order valence-electron chi connectivity index (χ4n) is 1.94. The maximum absolute atomic E-state index is 13.8. The largest absolute Gasteiger partial charge is 0.271 e. The molecule has 0 radical (unpaired) electrons. The number of nitrogens with one attached hydrogen (secondary N) is 1. The molecule has 19 heavy (non-hydrogen) atoms. The standard InChI is InChI=1S/C14H13Cl2FN2/c15-10-3-1-2-9(6-10)7-14(19-18)12-8-11(16)4-5-13(12)17/h1-6,8,14,19H,7,18H2. The van der Waals surface area contributed by atoms with E-state index in [0.29, 0.717) is 22.0 Å². The van der Waals surface area contributed by atoms with Gasteiger partial charge in [-0.3, -0.25) is 11.3 Å². The molecule has 0 fully saturated rings. The van der Waals surface area contributed by atoms with Crippen LogP contribution in [0.4, 0.5) is 4.39 Å². The Labute approximate surface area is 121 Å². The van der Waals surface area contributed by atoms with Crippen LogP contribution in [0.2, 0.25) is 10.0 Å². The molecule has 3 N–H and O–H groups in total. The van der Waals surface area contributed by atoms with Gasteiger partial charge in [-0.2, -0.15) is 0 Å². The van der Waals surface area contributed by atoms with Crippen LogP contribution in [0.1, 0.15) is 17.2 Å². The van der Waals surface area contributed by atoms with Crippen molar-refractivity contribution in [2.24, 2.45) is 5.84 Å². The van der Waals surface area contributed by atoms with Gasteiger partial charge in [0.1, 0.15) is 5.82 Å². The number of benzene rings is 2. The lowest BCUT2D eigenvalue weighted by atomic mass is 9.99. The van der Waals surface area contributed by atoms with Crippen LogP contribution in [-0.4, -0.2) is 0 Å². The zero-order chi connectivity index (χ0) is 13.8. The first-order chi connectivity index (χ1) is 9.10. The molecule has 2 nitrogen and oxygen atoms in total. The molecule has 0 aliphatic heterocycles. The van der Waals surface area contributed by atoms with Crippen LogP contribution in [-0.2, 0) is 6.42 Å². The van der Waals surface area contributed by atoms with Crippen LogP contribution in [0.5, 0.6) is 0 Å². The van der Waals surface area contributed by atoms with E-state index in [2.05, 4.69) is 5.43 Å². The SMILES string of the molecule is NNC(Cc1cccc(Cl)c1)c1cc(Cl)ccc1F. The van der Waals surface area contributed by atoms with Crippen LogP contribution in [0.25, 0.3) is 0 Å². The zero-order valence-electron chi connectivity index (χ0n) is 10.0. The van der Waals surface area contributed by atoms with Gasteiger partial charge in [-0.05, 0) is 42.3 Å². The van der Waals surface area contributed by atoms with Gasteiger partial charge in [0, 0.05) is 15.6 Å². The molecule has 1 unspecified atom stereocenters. The van der Waals surface area contributed by atoms with E-state index in [1.165, 1.54) is 12.1 Å². The van der Waals surface area contributed by atoms with E-state index in [0.717, 1.165) is 5.56 Å². The predicted molar refractivity (Wildman–Crippen MR) is 76.6 cm³/mol. The van der Waals surface area contributed by atoms with Crippen molar-refractivity contribution >= 4 is 23.2 Å². The average Bonchev–Trinajstić information content (AvgIpc) is 2.39. The molecule has 5 heteroatoms. The summed E-state index contributed by atoms with van der Waals surface area (Å²) in [5, 5.41) is 1.11. The van der Waals surface area contributed by atoms with Crippen molar-refractivity contribution in [3.05, 3.63) is 69.5 Å². The Balaban J connectivity index is 2.27. The molecule has 0 spiro atoms. The third kappa shape index (κ3) is 3.67. The van der Waals surface area contributed by atoms with Gasteiger partial charge in [0.25, 0.3) is 0 Å². The minimum atomic E-state index is -0.364. The molecule has 0 aliphatic rings. The number of hydrazine groups is 1. The van der Waals surface area contributed by atoms with Crippen molar-refractivity contribution in [2.75, 3.05) is 0 Å². The lowest BCUT2D eigenvalue weighted by Crippen LogP contribution is -2.30. The van der Waals surface area contributed by atoms with E-state index < -0.39 is 0 Å². The summed E-state index contributed by atoms with van der Waals surface area (Å²) >= 11 is 11.8. The Hall–Kier alpha value is -1.13. The normalized spacial score (nSPS) is 12.4. The number of hydrogen-bond donors (Lipinski definition) is 2. The Morgan fingerprint density at radius 1 is 1.11 bits per heavy atom. The van der Waals surface area contributed by atoms with E-state index >= 15 is 0 Å². The van der Waals surface area contributed by atoms with Crippen molar-refractivity contribution in [3.63, 3.8) is 0 Å². The first kappa shape index (κ1) is 14.3. The van der Waals surface area contributed by atoms with Gasteiger partial charge in [-0.25, -0.2) is 4.39 Å². The Kier molecular flexibility index (Phi) is 4.77. The zero-order valence-corrected chi connectivity index (χ0v) is 11.5. The summed E-state index contributed by atoms with van der Waals surface area (Å²) in [6.45, 7) is 0. The average molecular weight is 299 g/mol. The third-order valence-corrected chi connectivity index (χ3v) is 3.33. The van der Waals surface area contributed by atoms with Gasteiger partial charge in [-0.15, -0.1) is 0 Å². The molecule has 0 aromatic heterocycles. The highest BCUT2D eigenvalue weighted by Crippen LogP contribution is 2.24. The van der Waals surface area contributed by atoms with Crippen LogP contribution >= 0.6 is 23.2 Å². The highest BCUT2D eigenvalue weighted by atomic mass is 35.5. The summed E-state index contributed by atoms with van der Waals surface area (Å²) in [5.41, 5.74) is 4.02. The summed E-state index contributed by atoms with van der Waals surface area (Å²) in [5.74, 6) is 5.18. The van der Waals surface area contributed by atoms with Crippen molar-refractivity contribution in [1.29, 1.82) is 0 Å². The Morgan fingerprint density at radius 2 is 1.84 bits per heavy atom. The van der Waals surface area contributed by atoms with Gasteiger partial charge in [-0.1, -0.05) is 35.3 Å². The van der Waals surface area contributed by atoms with Crippen LogP contribution in [0, 0.1) is 5.82 Å². The molecule has 100 valence electrons. The monoisotopic (exact) mass is 298 g/mol. The number of rotatable bonds is 4. The number of halogens is 3. The quantitative estimate of drug-likeness (QED) is 0.664. The van der Waals surface area contributed by atoms with Crippen LogP contribution in [0.3, 0.4) is 0 Å². The van der Waals surface area contributed by atoms with Gasteiger partial charge >= 0.3 is 0 Å². The first-order valence-corrected chi connectivity index (χ1v) is 6.51. The summed E-state index contributed by atoms with van der Waals surface area (Å²) < 4.78 is 13.8. The Morgan fingerprint density at radius 3 is 2.53 bits per heavy atom. The molecule has 0 bridgehead atoms. The minimum Gasteiger partial charge on any atom is -0.271 e. The lowest BCUT2D eigenvalue weighted by molar-refractivity contribution is 0.510. The molecule has 0 heterocycles. The number of hydrogen-bond acceptors (Lipinski definition) is 2. The second kappa shape index (κ2) is 6.35. The summed E-state index contributed by atoms with van der Waals surface area (Å²) in [6.07, 6.45) is 0.522. The highest BCUT2D eigenvalue weighted by Gasteiger charge is 2.15. The smallest absolute Gasteiger partial charge is 0.128 e. The molecule has 2 aromatic rings. The lowest BCUT2D eigenvalue weighted by Gasteiger charge is -2.17. The van der Waals surface area contributed by atoms with Gasteiger partial charge in [0.15, 0.2) is 0 Å². The maximum Gasteiger partial charge on any atom is 0.128 e. The first-order valence-electron chi connectivity index (χ1n) is 5.75. The topological polar surface area (TPSA) is 38.0 Å². The maximum atomic E-state index is 13.8. The molecule has 0 amide bonds. The Bertz CT molecular complexity index is 575. The van der Waals surface area contributed by atoms with Crippen LogP contribution in [0.15, 0.2) is 42.5 Å². The van der Waals surface area contributed by atoms with Gasteiger partial charge in [0.2, 0.25) is 0 Å². The van der Waals surface area contributed by atoms with E-state index in [1.54, 1.807) is 12.1 Å². The van der Waals surface area contributed by atoms with E-state index in [1.807, 2.05) is 18.2 Å². The number of nitrogens with two attached hydrogens (primary N) is 1. The van der Waals surface area contributed by atoms with E-state index in [9.17, 15) is 4.39 Å². The molecule has 1 atom stereocenters. The fraction of sp³-hybridized carbons (Fsp3) is 0.143. The highest BCUT2D eigenvalue weighted by molar-refractivity contribution is 6.30. The summed E-state index contributed by atoms with van der Waals surface area (Å²) in [7, 11) is 0. The van der Waals surface area contributed by atoms with Crippen LogP contribution < -0.4 is 11.3 Å². The molecule has 2 rings (SSSR count). The van der Waals surface area contributed by atoms with Crippen molar-refractivity contribution in [3.8, 4) is 0 Å². The van der Waals surface area contributed by atoms with Gasteiger partial charge < -0.3 is 0 Å². The van der Waals surface area contributed by atoms with Crippen molar-refractivity contribution < 1.29 is 4.39 Å². The van der Waals surface area contributed by atoms with Crippen molar-refractivity contribution in [1.82, 2.24) is 5.43 Å². The summed E-state index contributed by atoms with van der Waals surface area (Å²) in [4.78, 5) is 0. The summed E-state index contributed by atoms with van der Waals surface area (Å²) in [6, 6.07) is 11.4. The predicted octanol–water partition coefficient (Wildman–Crippen LogP) is 3.88. The molecule has 2 aromatic carbocycles. The molecular formula is C14H13Cl2FN2. The van der Waals surface area contributed by atoms with E-state index in [-0.39, 0.29) is 11.9 Å². The van der Waals surface area contributed by atoms with Gasteiger partial charge in [0.05, 0.1) is 6.04 Å². The molecular weight excluding hydrogens is 286 g/mol.